The van der Waals surface area contributed by atoms with E-state index in [4.69, 9.17) is 5.73 Å². The Hall–Kier alpha value is -1.49. The van der Waals surface area contributed by atoms with Gasteiger partial charge in [0.25, 0.3) is 0 Å². The average Bonchev–Trinajstić information content (AvgIpc) is 2.42. The Bertz CT molecular complexity index is 432. The van der Waals surface area contributed by atoms with Gasteiger partial charge >= 0.3 is 0 Å². The first-order chi connectivity index (χ1) is 9.58. The van der Waals surface area contributed by atoms with Crippen molar-refractivity contribution in [2.45, 2.75) is 39.0 Å². The molecule has 0 saturated carbocycles. The van der Waals surface area contributed by atoms with Gasteiger partial charge in [0.2, 0.25) is 5.91 Å². The van der Waals surface area contributed by atoms with E-state index >= 15 is 0 Å². The second-order valence-corrected chi connectivity index (χ2v) is 4.92. The zero-order chi connectivity index (χ0) is 15.0. The zero-order valence-corrected chi connectivity index (χ0v) is 11.8. The van der Waals surface area contributed by atoms with Gasteiger partial charge in [-0.1, -0.05) is 25.8 Å². The molecule has 3 nitrogen and oxygen atoms in total. The van der Waals surface area contributed by atoms with Crippen molar-refractivity contribution in [2.24, 2.45) is 11.7 Å². The molecule has 0 aliphatic heterocycles. The van der Waals surface area contributed by atoms with Crippen molar-refractivity contribution < 1.29 is 13.6 Å². The van der Waals surface area contributed by atoms with Crippen LogP contribution in [-0.4, -0.2) is 12.5 Å². The number of carbonyl (C=O) groups is 1. The quantitative estimate of drug-likeness (QED) is 0.768. The summed E-state index contributed by atoms with van der Waals surface area (Å²) < 4.78 is 26.4. The van der Waals surface area contributed by atoms with Crippen molar-refractivity contribution in [3.05, 3.63) is 29.8 Å². The lowest BCUT2D eigenvalue weighted by atomic mass is 9.94. The molecule has 0 aliphatic rings. The van der Waals surface area contributed by atoms with Crippen molar-refractivity contribution in [2.75, 3.05) is 11.9 Å². The Labute approximate surface area is 118 Å². The van der Waals surface area contributed by atoms with Crippen LogP contribution in [0.4, 0.5) is 14.5 Å². The van der Waals surface area contributed by atoms with Crippen molar-refractivity contribution in [1.82, 2.24) is 0 Å². The summed E-state index contributed by atoms with van der Waals surface area (Å²) in [6.07, 6.45) is 3.97. The van der Waals surface area contributed by atoms with E-state index < -0.39 is 11.6 Å². The molecule has 1 rings (SSSR count). The summed E-state index contributed by atoms with van der Waals surface area (Å²) in [6, 6.07) is 3.73. The smallest absolute Gasteiger partial charge is 0.224 e. The van der Waals surface area contributed by atoms with Crippen LogP contribution in [0, 0.1) is 17.6 Å². The minimum atomic E-state index is -1.02. The summed E-state index contributed by atoms with van der Waals surface area (Å²) in [6.45, 7) is 2.69. The highest BCUT2D eigenvalue weighted by Gasteiger charge is 2.13. The number of nitrogens with two attached hydrogens (primary N) is 1. The predicted molar refractivity (Wildman–Crippen MR) is 76.3 cm³/mol. The highest BCUT2D eigenvalue weighted by Crippen LogP contribution is 2.19. The third kappa shape index (κ3) is 5.25. The molecule has 0 heterocycles. The number of amides is 1. The third-order valence-corrected chi connectivity index (χ3v) is 3.28. The van der Waals surface area contributed by atoms with Crippen LogP contribution < -0.4 is 11.1 Å². The molecule has 0 radical (unpaired) electrons. The summed E-state index contributed by atoms with van der Waals surface area (Å²) >= 11 is 0. The van der Waals surface area contributed by atoms with E-state index in [0.29, 0.717) is 25.3 Å². The minimum Gasteiger partial charge on any atom is -0.330 e. The second kappa shape index (κ2) is 8.64. The highest BCUT2D eigenvalue weighted by atomic mass is 19.2. The molecule has 0 aliphatic carbocycles. The Morgan fingerprint density at radius 2 is 2.05 bits per heavy atom. The minimum absolute atomic E-state index is 0.110. The Balaban J connectivity index is 2.48. The topological polar surface area (TPSA) is 55.1 Å². The third-order valence-electron chi connectivity index (χ3n) is 3.28. The molecule has 1 aromatic rings. The van der Waals surface area contributed by atoms with E-state index in [0.717, 1.165) is 25.3 Å². The lowest BCUT2D eigenvalue weighted by Gasteiger charge is -2.14. The summed E-state index contributed by atoms with van der Waals surface area (Å²) in [5.41, 5.74) is 5.42. The number of hydrogen-bond donors (Lipinski definition) is 2. The molecule has 3 N–H and O–H groups in total. The number of anilines is 1. The van der Waals surface area contributed by atoms with Crippen molar-refractivity contribution in [3.63, 3.8) is 0 Å². The molecule has 1 atom stereocenters. The molecule has 0 spiro atoms. The number of nitrogens with one attached hydrogen (secondary N) is 1. The van der Waals surface area contributed by atoms with E-state index in [1.54, 1.807) is 0 Å². The van der Waals surface area contributed by atoms with Crippen LogP contribution in [0.3, 0.4) is 0 Å². The van der Waals surface area contributed by atoms with E-state index in [9.17, 15) is 13.6 Å². The van der Waals surface area contributed by atoms with Gasteiger partial charge in [0.15, 0.2) is 11.6 Å². The summed E-state index contributed by atoms with van der Waals surface area (Å²) in [7, 11) is 0. The lowest BCUT2D eigenvalue weighted by molar-refractivity contribution is -0.116. The van der Waals surface area contributed by atoms with E-state index in [2.05, 4.69) is 12.2 Å². The van der Waals surface area contributed by atoms with Gasteiger partial charge in [-0.15, -0.1) is 0 Å². The number of benzene rings is 1. The van der Waals surface area contributed by atoms with Gasteiger partial charge in [0.05, 0.1) is 5.69 Å². The number of rotatable bonds is 8. The predicted octanol–water partition coefficient (Wildman–Crippen LogP) is 3.45. The van der Waals surface area contributed by atoms with Gasteiger partial charge < -0.3 is 11.1 Å². The Kier molecular flexibility index (Phi) is 7.15. The maximum atomic E-state index is 13.4. The van der Waals surface area contributed by atoms with Gasteiger partial charge in [0, 0.05) is 6.42 Å². The van der Waals surface area contributed by atoms with Crippen LogP contribution in [0.5, 0.6) is 0 Å². The van der Waals surface area contributed by atoms with Crippen LogP contribution >= 0.6 is 0 Å². The standard InChI is InChI=1S/C15H22F2N2O/c1-2-4-11(9-10-18)7-8-14(20)19-13-6-3-5-12(16)15(13)17/h3,5-6,11H,2,4,7-10,18H2,1H3,(H,19,20). The number of halogens is 2. The van der Waals surface area contributed by atoms with Gasteiger partial charge in [-0.25, -0.2) is 8.78 Å². The van der Waals surface area contributed by atoms with Gasteiger partial charge in [0.1, 0.15) is 0 Å². The van der Waals surface area contributed by atoms with Crippen LogP contribution in [-0.2, 0) is 4.79 Å². The Morgan fingerprint density at radius 3 is 2.70 bits per heavy atom. The molecular weight excluding hydrogens is 262 g/mol. The van der Waals surface area contributed by atoms with Gasteiger partial charge in [-0.3, -0.25) is 4.79 Å². The van der Waals surface area contributed by atoms with Crippen LogP contribution in [0.15, 0.2) is 18.2 Å². The molecule has 1 aromatic carbocycles. The van der Waals surface area contributed by atoms with Crippen LogP contribution in [0.25, 0.3) is 0 Å². The summed E-state index contributed by atoms with van der Waals surface area (Å²) in [4.78, 5) is 11.8. The average molecular weight is 284 g/mol. The molecule has 5 heteroatoms. The first-order valence-corrected chi connectivity index (χ1v) is 7.02. The van der Waals surface area contributed by atoms with Gasteiger partial charge in [-0.2, -0.15) is 0 Å². The maximum Gasteiger partial charge on any atom is 0.224 e. The highest BCUT2D eigenvalue weighted by molar-refractivity contribution is 5.90. The molecule has 0 aromatic heterocycles. The lowest BCUT2D eigenvalue weighted by Crippen LogP contribution is -2.16. The first-order valence-electron chi connectivity index (χ1n) is 7.02. The van der Waals surface area contributed by atoms with E-state index in [1.165, 1.54) is 12.1 Å². The molecular formula is C15H22F2N2O. The molecule has 0 fully saturated rings. The maximum absolute atomic E-state index is 13.4. The monoisotopic (exact) mass is 284 g/mol. The summed E-state index contributed by atoms with van der Waals surface area (Å²) in [5.74, 6) is -1.87. The molecule has 1 unspecified atom stereocenters. The molecule has 112 valence electrons. The van der Waals surface area contributed by atoms with E-state index in [-0.39, 0.29) is 11.6 Å². The van der Waals surface area contributed by atoms with Crippen LogP contribution in [0.2, 0.25) is 0 Å². The Morgan fingerprint density at radius 1 is 1.30 bits per heavy atom. The fourth-order valence-electron chi connectivity index (χ4n) is 2.23. The fraction of sp³-hybridized carbons (Fsp3) is 0.533. The van der Waals surface area contributed by atoms with Crippen molar-refractivity contribution in [3.8, 4) is 0 Å². The van der Waals surface area contributed by atoms with Crippen molar-refractivity contribution in [1.29, 1.82) is 0 Å². The first kappa shape index (κ1) is 16.6. The normalized spacial score (nSPS) is 12.2. The van der Waals surface area contributed by atoms with Gasteiger partial charge in [-0.05, 0) is 37.4 Å². The molecule has 0 bridgehead atoms. The number of carbonyl (C=O) groups excluding carboxylic acids is 1. The zero-order valence-electron chi connectivity index (χ0n) is 11.8. The SMILES string of the molecule is CCCC(CCN)CCC(=O)Nc1cccc(F)c1F. The number of hydrogen-bond acceptors (Lipinski definition) is 2. The molecule has 1 amide bonds. The molecule has 20 heavy (non-hydrogen) atoms. The summed E-state index contributed by atoms with van der Waals surface area (Å²) in [5, 5.41) is 2.41. The fourth-order valence-corrected chi connectivity index (χ4v) is 2.23. The molecule has 0 saturated heterocycles. The van der Waals surface area contributed by atoms with Crippen LogP contribution in [0.1, 0.15) is 39.0 Å². The van der Waals surface area contributed by atoms with E-state index in [1.807, 2.05) is 0 Å². The second-order valence-electron chi connectivity index (χ2n) is 4.92. The largest absolute Gasteiger partial charge is 0.330 e. The van der Waals surface area contributed by atoms with Crippen molar-refractivity contribution >= 4 is 11.6 Å².